The molecule has 1 aliphatic heterocycles. The van der Waals surface area contributed by atoms with Gasteiger partial charge in [0, 0.05) is 18.7 Å². The van der Waals surface area contributed by atoms with Crippen LogP contribution in [0.25, 0.3) is 0 Å². The summed E-state index contributed by atoms with van der Waals surface area (Å²) in [5.41, 5.74) is 1.84. The zero-order valence-corrected chi connectivity index (χ0v) is 19.5. The first-order chi connectivity index (χ1) is 16.4. The molecule has 180 valence electrons. The van der Waals surface area contributed by atoms with Crippen LogP contribution in [0, 0.1) is 5.92 Å². The first-order valence-electron chi connectivity index (χ1n) is 11.5. The van der Waals surface area contributed by atoms with E-state index in [1.807, 2.05) is 44.2 Å². The Hall–Kier alpha value is -3.68. The standard InChI is InChI=1S/C26H30N2O6/c1-3-4-14-33-25(31)20-10-12-22(13-11-20)27-23(29)17-34-26(32)21-15-24(30)28(16-21)18(2)19-8-6-5-7-9-19/h5-13,18,21H,3-4,14-17H2,1-2H3,(H,27,29)/t18-,21+/m0/s1. The van der Waals surface area contributed by atoms with Crippen LogP contribution in [0.5, 0.6) is 0 Å². The van der Waals surface area contributed by atoms with Crippen molar-refractivity contribution in [2.75, 3.05) is 25.1 Å². The van der Waals surface area contributed by atoms with Crippen LogP contribution in [-0.4, -0.2) is 48.4 Å². The Morgan fingerprint density at radius 3 is 2.44 bits per heavy atom. The molecule has 0 radical (unpaired) electrons. The second kappa shape index (κ2) is 12.0. The largest absolute Gasteiger partial charge is 0.462 e. The Bertz CT molecular complexity index is 1010. The van der Waals surface area contributed by atoms with Gasteiger partial charge in [0.05, 0.1) is 24.1 Å². The van der Waals surface area contributed by atoms with Crippen molar-refractivity contribution in [1.29, 1.82) is 0 Å². The van der Waals surface area contributed by atoms with Crippen LogP contribution in [0.15, 0.2) is 54.6 Å². The quantitative estimate of drug-likeness (QED) is 0.423. The normalized spacial score (nSPS) is 16.1. The van der Waals surface area contributed by atoms with E-state index in [2.05, 4.69) is 5.32 Å². The summed E-state index contributed by atoms with van der Waals surface area (Å²) >= 11 is 0. The Morgan fingerprint density at radius 2 is 1.76 bits per heavy atom. The second-order valence-electron chi connectivity index (χ2n) is 8.26. The Balaban J connectivity index is 1.44. The molecule has 0 aromatic heterocycles. The van der Waals surface area contributed by atoms with Crippen LogP contribution in [0.1, 0.15) is 55.1 Å². The van der Waals surface area contributed by atoms with Crippen molar-refractivity contribution in [3.8, 4) is 0 Å². The Morgan fingerprint density at radius 1 is 1.06 bits per heavy atom. The number of anilines is 1. The van der Waals surface area contributed by atoms with Gasteiger partial charge in [-0.2, -0.15) is 0 Å². The van der Waals surface area contributed by atoms with E-state index in [1.165, 1.54) is 0 Å². The molecule has 1 heterocycles. The van der Waals surface area contributed by atoms with Gasteiger partial charge in [-0.1, -0.05) is 43.7 Å². The van der Waals surface area contributed by atoms with Gasteiger partial charge < -0.3 is 19.7 Å². The van der Waals surface area contributed by atoms with E-state index in [-0.39, 0.29) is 24.9 Å². The fourth-order valence-corrected chi connectivity index (χ4v) is 3.71. The Labute approximate surface area is 199 Å². The number of nitrogens with one attached hydrogen (secondary N) is 1. The highest BCUT2D eigenvalue weighted by Crippen LogP contribution is 2.29. The lowest BCUT2D eigenvalue weighted by Gasteiger charge is -2.25. The van der Waals surface area contributed by atoms with Crippen molar-refractivity contribution in [3.05, 3.63) is 65.7 Å². The molecule has 1 saturated heterocycles. The maximum Gasteiger partial charge on any atom is 0.338 e. The predicted octanol–water partition coefficient (Wildman–Crippen LogP) is 3.73. The number of likely N-dealkylation sites (tertiary alicyclic amines) is 1. The molecule has 0 aliphatic carbocycles. The third-order valence-electron chi connectivity index (χ3n) is 5.72. The molecule has 34 heavy (non-hydrogen) atoms. The smallest absolute Gasteiger partial charge is 0.338 e. The van der Waals surface area contributed by atoms with Crippen LogP contribution in [0.3, 0.4) is 0 Å². The monoisotopic (exact) mass is 466 g/mol. The zero-order valence-electron chi connectivity index (χ0n) is 19.5. The van der Waals surface area contributed by atoms with Gasteiger partial charge in [-0.3, -0.25) is 14.4 Å². The topological polar surface area (TPSA) is 102 Å². The van der Waals surface area contributed by atoms with E-state index in [4.69, 9.17) is 9.47 Å². The van der Waals surface area contributed by atoms with Crippen molar-refractivity contribution in [2.24, 2.45) is 5.92 Å². The number of benzene rings is 2. The van der Waals surface area contributed by atoms with E-state index < -0.39 is 30.4 Å². The minimum absolute atomic E-state index is 0.0629. The Kier molecular flexibility index (Phi) is 8.79. The third-order valence-corrected chi connectivity index (χ3v) is 5.72. The van der Waals surface area contributed by atoms with Crippen LogP contribution in [-0.2, 0) is 23.9 Å². The van der Waals surface area contributed by atoms with Crippen LogP contribution >= 0.6 is 0 Å². The van der Waals surface area contributed by atoms with Gasteiger partial charge in [-0.15, -0.1) is 0 Å². The summed E-state index contributed by atoms with van der Waals surface area (Å²) in [7, 11) is 0. The first-order valence-corrected chi connectivity index (χ1v) is 11.5. The lowest BCUT2D eigenvalue weighted by molar-refractivity contribution is -0.151. The van der Waals surface area contributed by atoms with Crippen molar-refractivity contribution in [1.82, 2.24) is 4.90 Å². The van der Waals surface area contributed by atoms with E-state index in [9.17, 15) is 19.2 Å². The molecule has 2 aromatic rings. The summed E-state index contributed by atoms with van der Waals surface area (Å²) in [6.07, 6.45) is 1.80. The molecule has 1 aliphatic rings. The number of ether oxygens (including phenoxy) is 2. The fourth-order valence-electron chi connectivity index (χ4n) is 3.71. The molecule has 8 heteroatoms. The average molecular weight is 467 g/mol. The molecule has 2 aromatic carbocycles. The molecule has 2 amide bonds. The van der Waals surface area contributed by atoms with Gasteiger partial charge in [-0.05, 0) is 43.2 Å². The van der Waals surface area contributed by atoms with Gasteiger partial charge in [0.25, 0.3) is 5.91 Å². The zero-order chi connectivity index (χ0) is 24.5. The van der Waals surface area contributed by atoms with E-state index in [0.717, 1.165) is 18.4 Å². The fraction of sp³-hybridized carbons (Fsp3) is 0.385. The number of hydrogen-bond donors (Lipinski definition) is 1. The number of hydrogen-bond acceptors (Lipinski definition) is 6. The van der Waals surface area contributed by atoms with E-state index in [0.29, 0.717) is 17.9 Å². The number of unbranched alkanes of at least 4 members (excludes halogenated alkanes) is 1. The van der Waals surface area contributed by atoms with Gasteiger partial charge in [0.1, 0.15) is 0 Å². The van der Waals surface area contributed by atoms with Crippen LogP contribution in [0.2, 0.25) is 0 Å². The SMILES string of the molecule is CCCCOC(=O)c1ccc(NC(=O)COC(=O)[C@@H]2CC(=O)N([C@@H](C)c3ccccc3)C2)cc1. The number of amides is 2. The highest BCUT2D eigenvalue weighted by Gasteiger charge is 2.38. The predicted molar refractivity (Wildman–Crippen MR) is 126 cm³/mol. The van der Waals surface area contributed by atoms with Crippen molar-refractivity contribution < 1.29 is 28.7 Å². The molecule has 0 unspecified atom stereocenters. The summed E-state index contributed by atoms with van der Waals surface area (Å²) in [6, 6.07) is 15.7. The summed E-state index contributed by atoms with van der Waals surface area (Å²) in [5.74, 6) is -2.22. The second-order valence-corrected chi connectivity index (χ2v) is 8.26. The number of esters is 2. The molecular formula is C26H30N2O6. The molecule has 1 N–H and O–H groups in total. The van der Waals surface area contributed by atoms with Crippen molar-refractivity contribution >= 4 is 29.4 Å². The van der Waals surface area contributed by atoms with Gasteiger partial charge >= 0.3 is 11.9 Å². The molecule has 8 nitrogen and oxygen atoms in total. The minimum Gasteiger partial charge on any atom is -0.462 e. The maximum atomic E-state index is 12.4. The molecular weight excluding hydrogens is 436 g/mol. The van der Waals surface area contributed by atoms with Gasteiger partial charge in [0.15, 0.2) is 6.61 Å². The first kappa shape index (κ1) is 25.0. The van der Waals surface area contributed by atoms with E-state index >= 15 is 0 Å². The van der Waals surface area contributed by atoms with Gasteiger partial charge in [0.2, 0.25) is 5.91 Å². The number of carbonyl (C=O) groups is 4. The summed E-state index contributed by atoms with van der Waals surface area (Å²) < 4.78 is 10.3. The number of rotatable bonds is 10. The van der Waals surface area contributed by atoms with Crippen molar-refractivity contribution in [2.45, 2.75) is 39.2 Å². The summed E-state index contributed by atoms with van der Waals surface area (Å²) in [5, 5.41) is 2.62. The lowest BCUT2D eigenvalue weighted by atomic mass is 10.1. The van der Waals surface area contributed by atoms with Gasteiger partial charge in [-0.25, -0.2) is 4.79 Å². The molecule has 1 fully saturated rings. The minimum atomic E-state index is -0.607. The molecule has 0 spiro atoms. The molecule has 0 bridgehead atoms. The van der Waals surface area contributed by atoms with Crippen molar-refractivity contribution in [3.63, 3.8) is 0 Å². The van der Waals surface area contributed by atoms with E-state index in [1.54, 1.807) is 29.2 Å². The number of carbonyl (C=O) groups excluding carboxylic acids is 4. The third kappa shape index (κ3) is 6.66. The van der Waals surface area contributed by atoms with Crippen LogP contribution < -0.4 is 5.32 Å². The molecule has 3 rings (SSSR count). The number of nitrogens with zero attached hydrogens (tertiary/aromatic N) is 1. The average Bonchev–Trinajstić information content (AvgIpc) is 3.24. The lowest BCUT2D eigenvalue weighted by Crippen LogP contribution is -2.30. The molecule has 0 saturated carbocycles. The maximum absolute atomic E-state index is 12.4. The summed E-state index contributed by atoms with van der Waals surface area (Å²) in [6.45, 7) is 4.10. The highest BCUT2D eigenvalue weighted by atomic mass is 16.5. The van der Waals surface area contributed by atoms with Crippen LogP contribution in [0.4, 0.5) is 5.69 Å². The summed E-state index contributed by atoms with van der Waals surface area (Å²) in [4.78, 5) is 50.7. The molecule has 2 atom stereocenters. The highest BCUT2D eigenvalue weighted by molar-refractivity contribution is 5.95.